The highest BCUT2D eigenvalue weighted by Crippen LogP contribution is 2.33. The van der Waals surface area contributed by atoms with Gasteiger partial charge in [-0.3, -0.25) is 0 Å². The standard InChI is InChI=1S/C26H17ClFN3O3/c1-14-7-9-17(12-19(14)25(32)33)34-26-29-22-13-20(27)23(30-24(22)31-26)16-8-10-18(21(28)11-16)15-5-3-2-4-6-15/h2-13H,1H3,(H,32,33)(H,29,30,31). The molecule has 0 aliphatic heterocycles. The van der Waals surface area contributed by atoms with E-state index < -0.39 is 5.97 Å². The zero-order valence-corrected chi connectivity index (χ0v) is 18.6. The molecule has 0 aliphatic carbocycles. The molecule has 5 aromatic rings. The molecule has 0 saturated carbocycles. The normalized spacial score (nSPS) is 11.0. The SMILES string of the molecule is Cc1ccc(Oc2nc3nc(-c4ccc(-c5ccccc5)c(F)c4)c(Cl)cc3[nH]2)cc1C(=O)O. The lowest BCUT2D eigenvalue weighted by atomic mass is 10.0. The number of carbonyl (C=O) groups is 1. The van der Waals surface area contributed by atoms with Gasteiger partial charge in [0.25, 0.3) is 0 Å². The van der Waals surface area contributed by atoms with Crippen LogP contribution in [0.15, 0.2) is 72.8 Å². The van der Waals surface area contributed by atoms with Crippen molar-refractivity contribution in [3.63, 3.8) is 0 Å². The molecule has 6 nitrogen and oxygen atoms in total. The molecule has 2 aromatic heterocycles. The van der Waals surface area contributed by atoms with Crippen molar-refractivity contribution in [1.29, 1.82) is 0 Å². The van der Waals surface area contributed by atoms with E-state index in [-0.39, 0.29) is 17.4 Å². The van der Waals surface area contributed by atoms with Gasteiger partial charge in [0, 0.05) is 11.1 Å². The molecule has 0 fully saturated rings. The van der Waals surface area contributed by atoms with E-state index in [0.717, 1.165) is 5.56 Å². The number of nitrogens with zero attached hydrogens (tertiary/aromatic N) is 2. The number of imidazole rings is 1. The Morgan fingerprint density at radius 2 is 1.79 bits per heavy atom. The van der Waals surface area contributed by atoms with Crippen molar-refractivity contribution in [1.82, 2.24) is 15.0 Å². The lowest BCUT2D eigenvalue weighted by Crippen LogP contribution is -2.00. The summed E-state index contributed by atoms with van der Waals surface area (Å²) in [5, 5.41) is 9.63. The van der Waals surface area contributed by atoms with Crippen molar-refractivity contribution in [2.75, 3.05) is 0 Å². The molecule has 34 heavy (non-hydrogen) atoms. The Bertz CT molecular complexity index is 1550. The molecule has 0 radical (unpaired) electrons. The van der Waals surface area contributed by atoms with Gasteiger partial charge in [-0.25, -0.2) is 14.2 Å². The number of pyridine rings is 1. The summed E-state index contributed by atoms with van der Waals surface area (Å²) in [6.07, 6.45) is 0. The van der Waals surface area contributed by atoms with Crippen LogP contribution in [0.3, 0.4) is 0 Å². The molecule has 3 aromatic carbocycles. The molecule has 8 heteroatoms. The maximum Gasteiger partial charge on any atom is 0.336 e. The van der Waals surface area contributed by atoms with E-state index in [4.69, 9.17) is 16.3 Å². The minimum absolute atomic E-state index is 0.126. The molecule has 0 aliphatic rings. The second kappa shape index (κ2) is 8.61. The van der Waals surface area contributed by atoms with Crippen LogP contribution in [0.25, 0.3) is 33.5 Å². The first-order valence-corrected chi connectivity index (χ1v) is 10.7. The van der Waals surface area contributed by atoms with Crippen LogP contribution in [0.2, 0.25) is 5.02 Å². The van der Waals surface area contributed by atoms with E-state index >= 15 is 0 Å². The Hall–Kier alpha value is -4.23. The molecule has 2 heterocycles. The Labute approximate surface area is 198 Å². The van der Waals surface area contributed by atoms with Crippen molar-refractivity contribution >= 4 is 28.7 Å². The Kier molecular flexibility index (Phi) is 5.47. The van der Waals surface area contributed by atoms with E-state index in [1.165, 1.54) is 12.1 Å². The van der Waals surface area contributed by atoms with Crippen molar-refractivity contribution < 1.29 is 19.0 Å². The number of benzene rings is 3. The summed E-state index contributed by atoms with van der Waals surface area (Å²) in [4.78, 5) is 23.2. The first-order chi connectivity index (χ1) is 16.4. The number of aromatic nitrogens is 3. The van der Waals surface area contributed by atoms with Gasteiger partial charge < -0.3 is 14.8 Å². The first kappa shape index (κ1) is 21.6. The van der Waals surface area contributed by atoms with Crippen LogP contribution in [-0.2, 0) is 0 Å². The highest BCUT2D eigenvalue weighted by Gasteiger charge is 2.15. The highest BCUT2D eigenvalue weighted by atomic mass is 35.5. The zero-order valence-electron chi connectivity index (χ0n) is 17.8. The van der Waals surface area contributed by atoms with Crippen molar-refractivity contribution in [2.45, 2.75) is 6.92 Å². The van der Waals surface area contributed by atoms with E-state index in [1.54, 1.807) is 37.3 Å². The molecule has 0 unspecified atom stereocenters. The fraction of sp³-hybridized carbons (Fsp3) is 0.0385. The summed E-state index contributed by atoms with van der Waals surface area (Å²) in [6, 6.07) is 20.6. The quantitative estimate of drug-likeness (QED) is 0.290. The van der Waals surface area contributed by atoms with Gasteiger partial charge >= 0.3 is 12.0 Å². The van der Waals surface area contributed by atoms with Gasteiger partial charge in [-0.1, -0.05) is 60.1 Å². The number of carboxylic acid groups (broad SMARTS) is 1. The number of fused-ring (bicyclic) bond motifs is 1. The number of H-pyrrole nitrogens is 1. The molecule has 0 saturated heterocycles. The van der Waals surface area contributed by atoms with Crippen molar-refractivity contribution in [3.05, 3.63) is 94.8 Å². The number of aryl methyl sites for hydroxylation is 1. The third kappa shape index (κ3) is 4.09. The summed E-state index contributed by atoms with van der Waals surface area (Å²) in [5.74, 6) is -1.12. The number of hydrogen-bond donors (Lipinski definition) is 2. The van der Waals surface area contributed by atoms with Gasteiger partial charge in [0.05, 0.1) is 21.8 Å². The second-order valence-electron chi connectivity index (χ2n) is 7.68. The Balaban J connectivity index is 1.48. The molecule has 5 rings (SSSR count). The van der Waals surface area contributed by atoms with Crippen LogP contribution >= 0.6 is 11.6 Å². The number of aromatic carboxylic acids is 1. The molecular weight excluding hydrogens is 457 g/mol. The van der Waals surface area contributed by atoms with Gasteiger partial charge in [-0.05, 0) is 42.3 Å². The summed E-state index contributed by atoms with van der Waals surface area (Å²) >= 11 is 6.45. The average molecular weight is 474 g/mol. The Morgan fingerprint density at radius 1 is 1.00 bits per heavy atom. The summed E-state index contributed by atoms with van der Waals surface area (Å²) < 4.78 is 20.6. The molecule has 0 spiro atoms. The predicted octanol–water partition coefficient (Wildman–Crippen LogP) is 6.88. The van der Waals surface area contributed by atoms with E-state index in [9.17, 15) is 14.3 Å². The number of ether oxygens (including phenoxy) is 1. The summed E-state index contributed by atoms with van der Waals surface area (Å²) in [7, 11) is 0. The van der Waals surface area contributed by atoms with Crippen LogP contribution in [0.4, 0.5) is 4.39 Å². The van der Waals surface area contributed by atoms with Gasteiger partial charge in [0.2, 0.25) is 0 Å². The lowest BCUT2D eigenvalue weighted by Gasteiger charge is -2.07. The third-order valence-electron chi connectivity index (χ3n) is 5.39. The molecule has 2 N–H and O–H groups in total. The van der Waals surface area contributed by atoms with Crippen LogP contribution in [-0.4, -0.2) is 26.0 Å². The largest absolute Gasteiger partial charge is 0.478 e. The molecule has 168 valence electrons. The fourth-order valence-corrected chi connectivity index (χ4v) is 3.93. The topological polar surface area (TPSA) is 88.1 Å². The predicted molar refractivity (Wildman–Crippen MR) is 128 cm³/mol. The summed E-state index contributed by atoms with van der Waals surface area (Å²) in [5.41, 5.74) is 3.76. The van der Waals surface area contributed by atoms with Gasteiger partial charge in [-0.15, -0.1) is 0 Å². The molecule has 0 atom stereocenters. The highest BCUT2D eigenvalue weighted by molar-refractivity contribution is 6.33. The van der Waals surface area contributed by atoms with Crippen molar-refractivity contribution in [3.8, 4) is 34.1 Å². The smallest absolute Gasteiger partial charge is 0.336 e. The van der Waals surface area contributed by atoms with Crippen LogP contribution in [0, 0.1) is 12.7 Å². The van der Waals surface area contributed by atoms with Gasteiger partial charge in [0.1, 0.15) is 11.6 Å². The number of aromatic amines is 1. The molecule has 0 amide bonds. The second-order valence-corrected chi connectivity index (χ2v) is 8.08. The van der Waals surface area contributed by atoms with Gasteiger partial charge in [-0.2, -0.15) is 4.98 Å². The van der Waals surface area contributed by atoms with Crippen LogP contribution < -0.4 is 4.74 Å². The lowest BCUT2D eigenvalue weighted by molar-refractivity contribution is 0.0695. The fourth-order valence-electron chi connectivity index (χ4n) is 3.67. The summed E-state index contributed by atoms with van der Waals surface area (Å²) in [6.45, 7) is 1.71. The Morgan fingerprint density at radius 3 is 2.53 bits per heavy atom. The van der Waals surface area contributed by atoms with Gasteiger partial charge in [0.15, 0.2) is 5.65 Å². The average Bonchev–Trinajstić information content (AvgIpc) is 3.21. The van der Waals surface area contributed by atoms with E-state index in [2.05, 4.69) is 15.0 Å². The number of hydrogen-bond acceptors (Lipinski definition) is 4. The maximum absolute atomic E-state index is 14.9. The van der Waals surface area contributed by atoms with E-state index in [0.29, 0.717) is 44.3 Å². The first-order valence-electron chi connectivity index (χ1n) is 10.3. The van der Waals surface area contributed by atoms with E-state index in [1.807, 2.05) is 30.3 Å². The number of rotatable bonds is 5. The van der Waals surface area contributed by atoms with Crippen LogP contribution in [0.1, 0.15) is 15.9 Å². The minimum atomic E-state index is -1.05. The van der Waals surface area contributed by atoms with Crippen molar-refractivity contribution in [2.24, 2.45) is 0 Å². The monoisotopic (exact) mass is 473 g/mol. The number of carboxylic acids is 1. The number of nitrogens with one attached hydrogen (secondary N) is 1. The zero-order chi connectivity index (χ0) is 23.8. The third-order valence-corrected chi connectivity index (χ3v) is 5.67. The van der Waals surface area contributed by atoms with Crippen LogP contribution in [0.5, 0.6) is 11.8 Å². The molecule has 0 bridgehead atoms. The minimum Gasteiger partial charge on any atom is -0.478 e. The number of halogens is 2. The molecular formula is C26H17ClFN3O3. The maximum atomic E-state index is 14.9.